The first-order chi connectivity index (χ1) is 12.6. The van der Waals surface area contributed by atoms with Gasteiger partial charge in [0.2, 0.25) is 5.82 Å². The number of nitrogens with one attached hydrogen (secondary N) is 1. The molecule has 1 saturated carbocycles. The molecule has 130 valence electrons. The van der Waals surface area contributed by atoms with Crippen molar-refractivity contribution in [3.63, 3.8) is 0 Å². The molecule has 10 heteroatoms. The topological polar surface area (TPSA) is 124 Å². The third kappa shape index (κ3) is 2.19. The summed E-state index contributed by atoms with van der Waals surface area (Å²) in [5.41, 5.74) is 0.379. The molecular formula is C16H13N7O3. The van der Waals surface area contributed by atoms with Crippen LogP contribution < -0.4 is 11.2 Å². The molecule has 26 heavy (non-hydrogen) atoms. The van der Waals surface area contributed by atoms with Gasteiger partial charge in [-0.3, -0.25) is 9.78 Å². The van der Waals surface area contributed by atoms with E-state index >= 15 is 0 Å². The number of hydrogen-bond acceptors (Lipinski definition) is 7. The molecule has 5 rings (SSSR count). The molecule has 0 unspecified atom stereocenters. The van der Waals surface area contributed by atoms with Gasteiger partial charge in [0.05, 0.1) is 5.39 Å². The van der Waals surface area contributed by atoms with Crippen LogP contribution in [-0.2, 0) is 7.05 Å². The number of aromatic amines is 1. The van der Waals surface area contributed by atoms with Gasteiger partial charge < -0.3 is 13.7 Å². The van der Waals surface area contributed by atoms with Crippen molar-refractivity contribution in [1.82, 2.24) is 34.2 Å². The first-order valence-corrected chi connectivity index (χ1v) is 8.08. The number of H-pyrrole nitrogens is 1. The van der Waals surface area contributed by atoms with Crippen LogP contribution in [0, 0.1) is 0 Å². The summed E-state index contributed by atoms with van der Waals surface area (Å²) >= 11 is 0. The molecule has 0 spiro atoms. The Morgan fingerprint density at radius 2 is 2.12 bits per heavy atom. The highest BCUT2D eigenvalue weighted by atomic mass is 16.5. The summed E-state index contributed by atoms with van der Waals surface area (Å²) < 4.78 is 8.68. The van der Waals surface area contributed by atoms with Gasteiger partial charge >= 0.3 is 5.69 Å². The normalized spacial score (nSPS) is 14.2. The van der Waals surface area contributed by atoms with Crippen molar-refractivity contribution in [3.8, 4) is 23.0 Å². The van der Waals surface area contributed by atoms with Gasteiger partial charge in [0.15, 0.2) is 0 Å². The van der Waals surface area contributed by atoms with Crippen LogP contribution in [0.3, 0.4) is 0 Å². The van der Waals surface area contributed by atoms with Crippen molar-refractivity contribution in [3.05, 3.63) is 45.6 Å². The average molecular weight is 351 g/mol. The standard InChI is InChI=1S/C16H13N7O3/c1-22-6-10(14(24)20-16(22)25)12-19-15(26-21-12)11-9-4-5-23(8-2-3-8)13(9)18-7-17-11/h4-8H,2-3H2,1H3,(H,20,24,25). The van der Waals surface area contributed by atoms with Crippen LogP contribution in [0.2, 0.25) is 0 Å². The van der Waals surface area contributed by atoms with Crippen LogP contribution in [0.25, 0.3) is 34.0 Å². The lowest BCUT2D eigenvalue weighted by molar-refractivity contribution is 0.431. The predicted octanol–water partition coefficient (Wildman–Crippen LogP) is 0.870. The van der Waals surface area contributed by atoms with Crippen LogP contribution in [0.5, 0.6) is 0 Å². The molecule has 4 heterocycles. The summed E-state index contributed by atoms with van der Waals surface area (Å²) in [5.74, 6) is 0.277. The van der Waals surface area contributed by atoms with Gasteiger partial charge in [-0.1, -0.05) is 5.16 Å². The maximum absolute atomic E-state index is 12.0. The third-order valence-electron chi connectivity index (χ3n) is 4.43. The van der Waals surface area contributed by atoms with Crippen molar-refractivity contribution in [1.29, 1.82) is 0 Å². The Bertz CT molecular complexity index is 1260. The highest BCUT2D eigenvalue weighted by molar-refractivity contribution is 5.88. The molecule has 10 nitrogen and oxygen atoms in total. The summed E-state index contributed by atoms with van der Waals surface area (Å²) in [5, 5.41) is 4.68. The molecular weight excluding hydrogens is 338 g/mol. The van der Waals surface area contributed by atoms with Crippen LogP contribution in [-0.4, -0.2) is 34.2 Å². The van der Waals surface area contributed by atoms with Crippen molar-refractivity contribution >= 4 is 11.0 Å². The van der Waals surface area contributed by atoms with Gasteiger partial charge in [-0.15, -0.1) is 0 Å². The minimum atomic E-state index is -0.576. The predicted molar refractivity (Wildman–Crippen MR) is 90.4 cm³/mol. The summed E-state index contributed by atoms with van der Waals surface area (Å²) in [6, 6.07) is 2.41. The van der Waals surface area contributed by atoms with E-state index in [-0.39, 0.29) is 17.3 Å². The van der Waals surface area contributed by atoms with Gasteiger partial charge in [0.25, 0.3) is 11.4 Å². The summed E-state index contributed by atoms with van der Waals surface area (Å²) in [4.78, 5) is 38.6. The highest BCUT2D eigenvalue weighted by Gasteiger charge is 2.26. The monoisotopic (exact) mass is 351 g/mol. The molecule has 0 amide bonds. The van der Waals surface area contributed by atoms with E-state index in [0.717, 1.165) is 23.9 Å². The largest absolute Gasteiger partial charge is 0.332 e. The minimum absolute atomic E-state index is 0.0882. The molecule has 0 aromatic carbocycles. The molecule has 1 fully saturated rings. The Hall–Kier alpha value is -3.56. The SMILES string of the molecule is Cn1cc(-c2noc(-c3ncnc4c3ccn4C3CC3)n2)c(=O)[nH]c1=O. The van der Waals surface area contributed by atoms with E-state index in [2.05, 4.69) is 29.7 Å². The van der Waals surface area contributed by atoms with Gasteiger partial charge in [-0.05, 0) is 18.9 Å². The fourth-order valence-corrected chi connectivity index (χ4v) is 2.94. The lowest BCUT2D eigenvalue weighted by Crippen LogP contribution is -2.28. The highest BCUT2D eigenvalue weighted by Crippen LogP contribution is 2.38. The Labute approximate surface area is 145 Å². The first kappa shape index (κ1) is 14.8. The Kier molecular flexibility index (Phi) is 2.96. The Morgan fingerprint density at radius 1 is 1.27 bits per heavy atom. The van der Waals surface area contributed by atoms with Crippen molar-refractivity contribution in [2.45, 2.75) is 18.9 Å². The van der Waals surface area contributed by atoms with Crippen molar-refractivity contribution in [2.75, 3.05) is 0 Å². The summed E-state index contributed by atoms with van der Waals surface area (Å²) in [6.45, 7) is 0. The molecule has 0 radical (unpaired) electrons. The zero-order valence-corrected chi connectivity index (χ0v) is 13.7. The van der Waals surface area contributed by atoms with E-state index in [4.69, 9.17) is 4.52 Å². The van der Waals surface area contributed by atoms with E-state index in [9.17, 15) is 9.59 Å². The number of fused-ring (bicyclic) bond motifs is 1. The third-order valence-corrected chi connectivity index (χ3v) is 4.43. The maximum atomic E-state index is 12.0. The smallest absolute Gasteiger partial charge is 0.328 e. The van der Waals surface area contributed by atoms with Crippen LogP contribution >= 0.6 is 0 Å². The van der Waals surface area contributed by atoms with E-state index in [1.807, 2.05) is 12.3 Å². The molecule has 1 aliphatic carbocycles. The molecule has 0 aliphatic heterocycles. The first-order valence-electron chi connectivity index (χ1n) is 8.08. The van der Waals surface area contributed by atoms with Crippen LogP contribution in [0.15, 0.2) is 38.9 Å². The Balaban J connectivity index is 1.63. The van der Waals surface area contributed by atoms with Crippen LogP contribution in [0.1, 0.15) is 18.9 Å². The second-order valence-corrected chi connectivity index (χ2v) is 6.25. The second kappa shape index (κ2) is 5.22. The lowest BCUT2D eigenvalue weighted by Gasteiger charge is -2.01. The van der Waals surface area contributed by atoms with Crippen molar-refractivity contribution < 1.29 is 4.52 Å². The molecule has 1 N–H and O–H groups in total. The zero-order chi connectivity index (χ0) is 17.8. The molecule has 0 bridgehead atoms. The number of aryl methyl sites for hydroxylation is 1. The molecule has 4 aromatic rings. The Morgan fingerprint density at radius 3 is 2.92 bits per heavy atom. The van der Waals surface area contributed by atoms with Gasteiger partial charge in [-0.25, -0.2) is 14.8 Å². The fraction of sp³-hybridized carbons (Fsp3) is 0.250. The molecule has 0 saturated heterocycles. The number of hydrogen-bond donors (Lipinski definition) is 1. The molecule has 0 atom stereocenters. The van der Waals surface area contributed by atoms with E-state index in [1.165, 1.54) is 24.1 Å². The molecule has 4 aromatic heterocycles. The maximum Gasteiger partial charge on any atom is 0.328 e. The number of rotatable bonds is 3. The number of aromatic nitrogens is 7. The second-order valence-electron chi connectivity index (χ2n) is 6.25. The van der Waals surface area contributed by atoms with Gasteiger partial charge in [0, 0.05) is 25.5 Å². The number of nitrogens with zero attached hydrogens (tertiary/aromatic N) is 6. The minimum Gasteiger partial charge on any atom is -0.332 e. The van der Waals surface area contributed by atoms with Gasteiger partial charge in [-0.2, -0.15) is 4.98 Å². The lowest BCUT2D eigenvalue weighted by atomic mass is 10.3. The van der Waals surface area contributed by atoms with E-state index in [1.54, 1.807) is 0 Å². The van der Waals surface area contributed by atoms with Gasteiger partial charge in [0.1, 0.15) is 23.2 Å². The summed E-state index contributed by atoms with van der Waals surface area (Å²) in [7, 11) is 1.53. The fourth-order valence-electron chi connectivity index (χ4n) is 2.94. The van der Waals surface area contributed by atoms with E-state index in [0.29, 0.717) is 11.7 Å². The van der Waals surface area contributed by atoms with Crippen molar-refractivity contribution in [2.24, 2.45) is 7.05 Å². The molecule has 1 aliphatic rings. The van der Waals surface area contributed by atoms with Crippen LogP contribution in [0.4, 0.5) is 0 Å². The average Bonchev–Trinajstić information content (AvgIpc) is 3.19. The summed E-state index contributed by atoms with van der Waals surface area (Å²) in [6.07, 6.45) is 7.09. The van der Waals surface area contributed by atoms with E-state index < -0.39 is 11.2 Å². The quantitative estimate of drug-likeness (QED) is 0.580. The zero-order valence-electron chi connectivity index (χ0n) is 13.7.